The van der Waals surface area contributed by atoms with Gasteiger partial charge in [-0.05, 0) is 12.8 Å². The lowest BCUT2D eigenvalue weighted by Gasteiger charge is -2.26. The quantitative estimate of drug-likeness (QED) is 0.779. The van der Waals surface area contributed by atoms with Crippen LogP contribution in [-0.2, 0) is 0 Å². The molecular formula is C13H16FNO. The van der Waals surface area contributed by atoms with E-state index in [0.29, 0.717) is 5.56 Å². The van der Waals surface area contributed by atoms with Crippen LogP contribution in [0.4, 0.5) is 4.39 Å². The van der Waals surface area contributed by atoms with Crippen molar-refractivity contribution in [2.75, 3.05) is 0 Å². The number of rotatable bonds is 2. The second-order valence-electron chi connectivity index (χ2n) is 4.76. The molecule has 1 fully saturated rings. The first-order valence-electron chi connectivity index (χ1n) is 5.53. The molecule has 1 aromatic rings. The van der Waals surface area contributed by atoms with Crippen LogP contribution in [0.25, 0.3) is 0 Å². The normalized spacial score (nSPS) is 33.9. The van der Waals surface area contributed by atoms with Crippen LogP contribution in [0.1, 0.15) is 30.1 Å². The molecule has 0 aliphatic heterocycles. The number of carbonyl (C=O) groups excluding carboxylic acids is 1. The van der Waals surface area contributed by atoms with Crippen molar-refractivity contribution in [3.05, 3.63) is 35.9 Å². The third kappa shape index (κ3) is 1.76. The molecule has 2 nitrogen and oxygen atoms in total. The molecule has 3 heteroatoms. The monoisotopic (exact) mass is 221 g/mol. The summed E-state index contributed by atoms with van der Waals surface area (Å²) in [7, 11) is 0. The number of hydrogen-bond donors (Lipinski definition) is 1. The van der Waals surface area contributed by atoms with Gasteiger partial charge in [0.15, 0.2) is 5.78 Å². The molecule has 0 heterocycles. The molecule has 86 valence electrons. The molecule has 2 N–H and O–H groups in total. The van der Waals surface area contributed by atoms with Gasteiger partial charge >= 0.3 is 0 Å². The molecule has 1 saturated carbocycles. The molecule has 0 spiro atoms. The van der Waals surface area contributed by atoms with E-state index in [0.717, 1.165) is 0 Å². The molecule has 2 rings (SSSR count). The van der Waals surface area contributed by atoms with E-state index in [-0.39, 0.29) is 24.7 Å². The van der Waals surface area contributed by atoms with E-state index in [4.69, 9.17) is 5.73 Å². The predicted octanol–water partition coefficient (Wildman–Crippen LogP) is 2.33. The van der Waals surface area contributed by atoms with Gasteiger partial charge in [0.2, 0.25) is 0 Å². The molecule has 0 bridgehead atoms. The first-order chi connectivity index (χ1) is 7.54. The van der Waals surface area contributed by atoms with Gasteiger partial charge in [0, 0.05) is 17.0 Å². The van der Waals surface area contributed by atoms with Gasteiger partial charge in [-0.2, -0.15) is 0 Å². The number of alkyl halides is 1. The summed E-state index contributed by atoms with van der Waals surface area (Å²) in [6.45, 7) is 1.77. The number of nitrogens with two attached hydrogens (primary N) is 1. The van der Waals surface area contributed by atoms with E-state index in [9.17, 15) is 9.18 Å². The zero-order valence-electron chi connectivity index (χ0n) is 9.32. The van der Waals surface area contributed by atoms with Crippen molar-refractivity contribution in [2.24, 2.45) is 11.1 Å². The highest BCUT2D eigenvalue weighted by molar-refractivity contribution is 6.01. The topological polar surface area (TPSA) is 43.1 Å². The van der Waals surface area contributed by atoms with Gasteiger partial charge in [-0.25, -0.2) is 4.39 Å². The van der Waals surface area contributed by atoms with E-state index in [2.05, 4.69) is 0 Å². The Morgan fingerprint density at radius 2 is 2.06 bits per heavy atom. The van der Waals surface area contributed by atoms with Crippen LogP contribution in [-0.4, -0.2) is 18.0 Å². The highest BCUT2D eigenvalue weighted by Gasteiger charge is 2.47. The lowest BCUT2D eigenvalue weighted by molar-refractivity contribution is 0.0793. The fraction of sp³-hybridized carbons (Fsp3) is 0.462. The molecule has 3 unspecified atom stereocenters. The van der Waals surface area contributed by atoms with Crippen LogP contribution in [0, 0.1) is 5.41 Å². The van der Waals surface area contributed by atoms with Crippen molar-refractivity contribution < 1.29 is 9.18 Å². The maximum absolute atomic E-state index is 13.3. The molecule has 1 aliphatic rings. The Morgan fingerprint density at radius 3 is 2.56 bits per heavy atom. The maximum Gasteiger partial charge on any atom is 0.170 e. The van der Waals surface area contributed by atoms with Crippen molar-refractivity contribution in [1.29, 1.82) is 0 Å². The van der Waals surface area contributed by atoms with Crippen LogP contribution in [0.3, 0.4) is 0 Å². The standard InChI is InChI=1S/C13H16FNO/c1-13(8-10(14)7-11(13)15)12(16)9-5-3-2-4-6-9/h2-6,10-11H,7-8,15H2,1H3. The third-order valence-corrected chi connectivity index (χ3v) is 3.53. The summed E-state index contributed by atoms with van der Waals surface area (Å²) in [6, 6.07) is 8.60. The Balaban J connectivity index is 2.28. The predicted molar refractivity (Wildman–Crippen MR) is 61.0 cm³/mol. The summed E-state index contributed by atoms with van der Waals surface area (Å²) in [5.74, 6) is -0.0410. The number of carbonyl (C=O) groups is 1. The van der Waals surface area contributed by atoms with Crippen molar-refractivity contribution in [3.8, 4) is 0 Å². The van der Waals surface area contributed by atoms with E-state index < -0.39 is 11.6 Å². The molecular weight excluding hydrogens is 205 g/mol. The minimum Gasteiger partial charge on any atom is -0.327 e. The Labute approximate surface area is 94.6 Å². The lowest BCUT2D eigenvalue weighted by atomic mass is 9.78. The Morgan fingerprint density at radius 1 is 1.44 bits per heavy atom. The fourth-order valence-electron chi connectivity index (χ4n) is 2.41. The molecule has 3 atom stereocenters. The molecule has 0 saturated heterocycles. The van der Waals surface area contributed by atoms with Gasteiger partial charge in [-0.1, -0.05) is 37.3 Å². The molecule has 0 aromatic heterocycles. The minimum atomic E-state index is -0.951. The van der Waals surface area contributed by atoms with Crippen molar-refractivity contribution >= 4 is 5.78 Å². The fourth-order valence-corrected chi connectivity index (χ4v) is 2.41. The SMILES string of the molecule is CC1(C(=O)c2ccccc2)CC(F)CC1N. The number of Topliss-reactive ketones (excluding diaryl/α,β-unsaturated/α-hetero) is 1. The largest absolute Gasteiger partial charge is 0.327 e. The van der Waals surface area contributed by atoms with Crippen LogP contribution in [0.15, 0.2) is 30.3 Å². The number of halogens is 1. The third-order valence-electron chi connectivity index (χ3n) is 3.53. The van der Waals surface area contributed by atoms with Crippen LogP contribution in [0.5, 0.6) is 0 Å². The maximum atomic E-state index is 13.3. The molecule has 0 amide bonds. The van der Waals surface area contributed by atoms with Crippen LogP contribution in [0.2, 0.25) is 0 Å². The minimum absolute atomic E-state index is 0.0410. The Bertz CT molecular complexity index is 392. The molecule has 0 radical (unpaired) electrons. The number of benzene rings is 1. The van der Waals surface area contributed by atoms with E-state index in [1.165, 1.54) is 0 Å². The van der Waals surface area contributed by atoms with E-state index >= 15 is 0 Å². The summed E-state index contributed by atoms with van der Waals surface area (Å²) in [5.41, 5.74) is 5.75. The highest BCUT2D eigenvalue weighted by Crippen LogP contribution is 2.41. The van der Waals surface area contributed by atoms with Gasteiger partial charge in [-0.3, -0.25) is 4.79 Å². The second-order valence-corrected chi connectivity index (χ2v) is 4.76. The Kier molecular flexibility index (Phi) is 2.80. The first-order valence-corrected chi connectivity index (χ1v) is 5.53. The zero-order valence-corrected chi connectivity index (χ0v) is 9.32. The van der Waals surface area contributed by atoms with Crippen molar-refractivity contribution in [1.82, 2.24) is 0 Å². The Hall–Kier alpha value is -1.22. The van der Waals surface area contributed by atoms with Gasteiger partial charge in [0.05, 0.1) is 0 Å². The second kappa shape index (κ2) is 3.98. The number of hydrogen-bond acceptors (Lipinski definition) is 2. The highest BCUT2D eigenvalue weighted by atomic mass is 19.1. The van der Waals surface area contributed by atoms with Crippen molar-refractivity contribution in [2.45, 2.75) is 32.0 Å². The summed E-state index contributed by atoms with van der Waals surface area (Å²) < 4.78 is 13.3. The van der Waals surface area contributed by atoms with E-state index in [1.807, 2.05) is 18.2 Å². The van der Waals surface area contributed by atoms with Crippen molar-refractivity contribution in [3.63, 3.8) is 0 Å². The van der Waals surface area contributed by atoms with Crippen LogP contribution < -0.4 is 5.73 Å². The van der Waals surface area contributed by atoms with Crippen LogP contribution >= 0.6 is 0 Å². The lowest BCUT2D eigenvalue weighted by Crippen LogP contribution is -2.41. The summed E-state index contributed by atoms with van der Waals surface area (Å²) in [6.07, 6.45) is -0.426. The summed E-state index contributed by atoms with van der Waals surface area (Å²) in [5, 5.41) is 0. The first kappa shape index (κ1) is 11.3. The summed E-state index contributed by atoms with van der Waals surface area (Å²) in [4.78, 5) is 12.3. The average molecular weight is 221 g/mol. The molecule has 16 heavy (non-hydrogen) atoms. The van der Waals surface area contributed by atoms with E-state index in [1.54, 1.807) is 19.1 Å². The molecule has 1 aromatic carbocycles. The zero-order chi connectivity index (χ0) is 11.8. The summed E-state index contributed by atoms with van der Waals surface area (Å²) >= 11 is 0. The van der Waals surface area contributed by atoms with Gasteiger partial charge < -0.3 is 5.73 Å². The van der Waals surface area contributed by atoms with Gasteiger partial charge in [-0.15, -0.1) is 0 Å². The smallest absolute Gasteiger partial charge is 0.170 e. The number of ketones is 1. The average Bonchev–Trinajstić information content (AvgIpc) is 2.54. The van der Waals surface area contributed by atoms with Gasteiger partial charge in [0.25, 0.3) is 0 Å². The van der Waals surface area contributed by atoms with Gasteiger partial charge in [0.1, 0.15) is 6.17 Å². The molecule has 1 aliphatic carbocycles.